The molecule has 0 aliphatic heterocycles. The molecular weight excluding hydrogens is 364 g/mol. The number of halogens is 1. The molecule has 0 spiro atoms. The highest BCUT2D eigenvalue weighted by atomic mass is 35.5. The van der Waals surface area contributed by atoms with Gasteiger partial charge < -0.3 is 14.6 Å². The van der Waals surface area contributed by atoms with Crippen molar-refractivity contribution >= 4 is 23.2 Å². The highest BCUT2D eigenvalue weighted by Crippen LogP contribution is 2.27. The molecule has 3 rings (SSSR count). The Morgan fingerprint density at radius 3 is 2.59 bits per heavy atom. The Labute approximate surface area is 162 Å². The Morgan fingerprint density at radius 1 is 1.15 bits per heavy atom. The van der Waals surface area contributed by atoms with E-state index < -0.39 is 5.91 Å². The van der Waals surface area contributed by atoms with Crippen molar-refractivity contribution < 1.29 is 9.53 Å². The number of anilines is 1. The van der Waals surface area contributed by atoms with Crippen molar-refractivity contribution in [3.8, 4) is 5.75 Å². The number of hydrogen-bond donors (Lipinski definition) is 1. The molecule has 0 saturated carbocycles. The lowest BCUT2D eigenvalue weighted by Crippen LogP contribution is -2.29. The molecule has 1 aromatic heterocycles. The standard InChI is InChI=1S/C21H19ClN2O3/c1-14-5-7-15(8-6-14)13-24-11-3-4-17(21(24)26)20(25)23-18-12-16(22)9-10-19(18)27-2/h3-12H,13H2,1-2H3,(H,23,25). The number of pyridine rings is 1. The topological polar surface area (TPSA) is 60.3 Å². The molecule has 6 heteroatoms. The van der Waals surface area contributed by atoms with Crippen LogP contribution in [0.25, 0.3) is 0 Å². The van der Waals surface area contributed by atoms with E-state index in [2.05, 4.69) is 5.32 Å². The number of nitrogens with one attached hydrogen (secondary N) is 1. The molecule has 0 saturated heterocycles. The van der Waals surface area contributed by atoms with Gasteiger partial charge in [0.1, 0.15) is 11.3 Å². The van der Waals surface area contributed by atoms with Crippen molar-refractivity contribution in [3.63, 3.8) is 0 Å². The number of hydrogen-bond acceptors (Lipinski definition) is 3. The molecule has 0 aliphatic carbocycles. The van der Waals surface area contributed by atoms with Crippen molar-refractivity contribution in [3.05, 3.63) is 92.9 Å². The van der Waals surface area contributed by atoms with Crippen LogP contribution in [0.15, 0.2) is 65.6 Å². The van der Waals surface area contributed by atoms with Crippen LogP contribution in [0.3, 0.4) is 0 Å². The number of rotatable bonds is 5. The van der Waals surface area contributed by atoms with Gasteiger partial charge in [-0.05, 0) is 42.8 Å². The Morgan fingerprint density at radius 2 is 1.89 bits per heavy atom. The zero-order valence-corrected chi connectivity index (χ0v) is 15.8. The van der Waals surface area contributed by atoms with Crippen molar-refractivity contribution in [1.82, 2.24) is 4.57 Å². The Kier molecular flexibility index (Phi) is 5.62. The van der Waals surface area contributed by atoms with E-state index in [-0.39, 0.29) is 11.1 Å². The van der Waals surface area contributed by atoms with Gasteiger partial charge in [0.05, 0.1) is 19.3 Å². The minimum Gasteiger partial charge on any atom is -0.495 e. The van der Waals surface area contributed by atoms with Crippen LogP contribution in [0.2, 0.25) is 5.02 Å². The van der Waals surface area contributed by atoms with E-state index in [9.17, 15) is 9.59 Å². The molecular formula is C21H19ClN2O3. The highest BCUT2D eigenvalue weighted by molar-refractivity contribution is 6.31. The molecule has 0 unspecified atom stereocenters. The zero-order chi connectivity index (χ0) is 19.4. The third-order valence-corrected chi connectivity index (χ3v) is 4.38. The number of carbonyl (C=O) groups excluding carboxylic acids is 1. The number of carbonyl (C=O) groups is 1. The number of methoxy groups -OCH3 is 1. The van der Waals surface area contributed by atoms with Crippen LogP contribution >= 0.6 is 11.6 Å². The van der Waals surface area contributed by atoms with Crippen LogP contribution in [-0.2, 0) is 6.54 Å². The van der Waals surface area contributed by atoms with E-state index in [0.29, 0.717) is 23.0 Å². The molecule has 0 atom stereocenters. The van der Waals surface area contributed by atoms with Gasteiger partial charge in [0.25, 0.3) is 11.5 Å². The van der Waals surface area contributed by atoms with E-state index in [1.54, 1.807) is 30.5 Å². The average Bonchev–Trinajstić information content (AvgIpc) is 2.65. The average molecular weight is 383 g/mol. The lowest BCUT2D eigenvalue weighted by atomic mass is 10.1. The van der Waals surface area contributed by atoms with Gasteiger partial charge in [-0.15, -0.1) is 0 Å². The first-order valence-electron chi connectivity index (χ1n) is 8.38. The number of benzene rings is 2. The fourth-order valence-electron chi connectivity index (χ4n) is 2.69. The van der Waals surface area contributed by atoms with Gasteiger partial charge in [0.2, 0.25) is 0 Å². The first-order valence-corrected chi connectivity index (χ1v) is 8.75. The number of ether oxygens (including phenoxy) is 1. The maximum absolute atomic E-state index is 12.7. The van der Waals surface area contributed by atoms with Gasteiger partial charge in [-0.1, -0.05) is 41.4 Å². The summed E-state index contributed by atoms with van der Waals surface area (Å²) in [6.45, 7) is 2.39. The summed E-state index contributed by atoms with van der Waals surface area (Å²) in [6.07, 6.45) is 1.67. The molecule has 3 aromatic rings. The SMILES string of the molecule is COc1ccc(Cl)cc1NC(=O)c1cccn(Cc2ccc(C)cc2)c1=O. The molecule has 5 nitrogen and oxygen atoms in total. The molecule has 0 radical (unpaired) electrons. The molecule has 1 heterocycles. The summed E-state index contributed by atoms with van der Waals surface area (Å²) in [4.78, 5) is 25.4. The van der Waals surface area contributed by atoms with E-state index in [0.717, 1.165) is 11.1 Å². The quantitative estimate of drug-likeness (QED) is 0.722. The van der Waals surface area contributed by atoms with Crippen LogP contribution in [0.1, 0.15) is 21.5 Å². The van der Waals surface area contributed by atoms with Crippen molar-refractivity contribution in [2.75, 3.05) is 12.4 Å². The lowest BCUT2D eigenvalue weighted by Gasteiger charge is -2.12. The maximum atomic E-state index is 12.7. The second kappa shape index (κ2) is 8.10. The minimum atomic E-state index is -0.515. The van der Waals surface area contributed by atoms with Gasteiger partial charge >= 0.3 is 0 Å². The monoisotopic (exact) mass is 382 g/mol. The summed E-state index contributed by atoms with van der Waals surface area (Å²) in [5.41, 5.74) is 2.22. The van der Waals surface area contributed by atoms with Crippen LogP contribution in [0, 0.1) is 6.92 Å². The zero-order valence-electron chi connectivity index (χ0n) is 15.0. The first-order chi connectivity index (χ1) is 13.0. The predicted octanol–water partition coefficient (Wildman–Crippen LogP) is 4.12. The summed E-state index contributed by atoms with van der Waals surface area (Å²) >= 11 is 5.99. The summed E-state index contributed by atoms with van der Waals surface area (Å²) in [6, 6.07) is 16.0. The minimum absolute atomic E-state index is 0.0478. The Hall–Kier alpha value is -3.05. The second-order valence-electron chi connectivity index (χ2n) is 6.14. The summed E-state index contributed by atoms with van der Waals surface area (Å²) in [5, 5.41) is 3.15. The third kappa shape index (κ3) is 4.38. The largest absolute Gasteiger partial charge is 0.495 e. The van der Waals surface area contributed by atoms with Gasteiger partial charge in [-0.3, -0.25) is 9.59 Å². The van der Waals surface area contributed by atoms with E-state index in [1.165, 1.54) is 17.7 Å². The number of aryl methyl sites for hydroxylation is 1. The van der Waals surface area contributed by atoms with Crippen LogP contribution in [-0.4, -0.2) is 17.6 Å². The van der Waals surface area contributed by atoms with E-state index in [1.807, 2.05) is 31.2 Å². The highest BCUT2D eigenvalue weighted by Gasteiger charge is 2.15. The molecule has 2 aromatic carbocycles. The smallest absolute Gasteiger partial charge is 0.263 e. The van der Waals surface area contributed by atoms with E-state index in [4.69, 9.17) is 16.3 Å². The van der Waals surface area contributed by atoms with Crippen molar-refractivity contribution in [2.24, 2.45) is 0 Å². The molecule has 138 valence electrons. The number of amides is 1. The molecule has 1 amide bonds. The van der Waals surface area contributed by atoms with Crippen molar-refractivity contribution in [2.45, 2.75) is 13.5 Å². The fourth-order valence-corrected chi connectivity index (χ4v) is 2.86. The van der Waals surface area contributed by atoms with Crippen LogP contribution in [0.4, 0.5) is 5.69 Å². The van der Waals surface area contributed by atoms with Gasteiger partial charge in [-0.25, -0.2) is 0 Å². The summed E-state index contributed by atoms with van der Waals surface area (Å²) < 4.78 is 6.73. The molecule has 0 aliphatic rings. The van der Waals surface area contributed by atoms with Crippen molar-refractivity contribution in [1.29, 1.82) is 0 Å². The molecule has 27 heavy (non-hydrogen) atoms. The van der Waals surface area contributed by atoms with Gasteiger partial charge in [0, 0.05) is 11.2 Å². The lowest BCUT2D eigenvalue weighted by molar-refractivity contribution is 0.102. The summed E-state index contributed by atoms with van der Waals surface area (Å²) in [5.74, 6) is -0.0533. The van der Waals surface area contributed by atoms with E-state index >= 15 is 0 Å². The normalized spacial score (nSPS) is 10.5. The van der Waals surface area contributed by atoms with Crippen LogP contribution in [0.5, 0.6) is 5.75 Å². The number of aromatic nitrogens is 1. The molecule has 0 fully saturated rings. The Balaban J connectivity index is 1.87. The fraction of sp³-hybridized carbons (Fsp3) is 0.143. The third-order valence-electron chi connectivity index (χ3n) is 4.15. The summed E-state index contributed by atoms with van der Waals surface area (Å²) in [7, 11) is 1.50. The maximum Gasteiger partial charge on any atom is 0.263 e. The van der Waals surface area contributed by atoms with Crippen LogP contribution < -0.4 is 15.6 Å². The van der Waals surface area contributed by atoms with Gasteiger partial charge in [0.15, 0.2) is 0 Å². The molecule has 1 N–H and O–H groups in total. The first kappa shape index (κ1) is 18.7. The predicted molar refractivity (Wildman–Crippen MR) is 107 cm³/mol. The van der Waals surface area contributed by atoms with Gasteiger partial charge in [-0.2, -0.15) is 0 Å². The molecule has 0 bridgehead atoms. The number of nitrogens with zero attached hydrogens (tertiary/aromatic N) is 1. The second-order valence-corrected chi connectivity index (χ2v) is 6.58. The Bertz CT molecular complexity index is 1030.